The third-order valence-electron chi connectivity index (χ3n) is 21.0. The normalized spacial score (nSPS) is 48.6. The molecule has 4 N–H and O–H groups in total. The topological polar surface area (TPSA) is 149 Å². The van der Waals surface area contributed by atoms with Crippen LogP contribution in [0.1, 0.15) is 177 Å². The molecule has 0 amide bonds. The number of allylic oxidation sites excluding steroid dienone is 2. The summed E-state index contributed by atoms with van der Waals surface area (Å²) in [6, 6.07) is 0. The van der Waals surface area contributed by atoms with Crippen molar-refractivity contribution in [1.29, 1.82) is 0 Å². The molecule has 8 aliphatic rings. The van der Waals surface area contributed by atoms with Crippen LogP contribution < -0.4 is 0 Å². The molecule has 8 rings (SSSR count). The van der Waals surface area contributed by atoms with Gasteiger partial charge in [0.25, 0.3) is 0 Å². The molecule has 338 valence electrons. The van der Waals surface area contributed by atoms with Crippen LogP contribution in [0, 0.1) is 98.6 Å². The first-order valence-electron chi connectivity index (χ1n) is 24.8. The van der Waals surface area contributed by atoms with Crippen LogP contribution in [0.4, 0.5) is 0 Å². The smallest absolute Gasteiger partial charge is 0.303 e. The summed E-state index contributed by atoms with van der Waals surface area (Å²) in [5, 5.41) is 39.0. The molecule has 8 heteroatoms. The largest absolute Gasteiger partial charge is 0.481 e. The van der Waals surface area contributed by atoms with Crippen molar-refractivity contribution in [1.82, 2.24) is 0 Å². The lowest BCUT2D eigenvalue weighted by Crippen LogP contribution is -2.60. The fourth-order valence-electron chi connectivity index (χ4n) is 17.9. The molecular weight excluding hydrogens is 753 g/mol. The zero-order valence-corrected chi connectivity index (χ0v) is 38.6. The Labute approximate surface area is 361 Å². The van der Waals surface area contributed by atoms with Crippen molar-refractivity contribution in [3.05, 3.63) is 11.6 Å². The van der Waals surface area contributed by atoms with Gasteiger partial charge in [-0.25, -0.2) is 0 Å². The molecule has 0 saturated heterocycles. The van der Waals surface area contributed by atoms with E-state index in [9.17, 15) is 29.4 Å². The summed E-state index contributed by atoms with van der Waals surface area (Å²) in [5.74, 6) is 4.05. The zero-order chi connectivity index (χ0) is 43.7. The Morgan fingerprint density at radius 1 is 0.633 bits per heavy atom. The van der Waals surface area contributed by atoms with E-state index in [0.29, 0.717) is 64.8 Å². The molecule has 0 aliphatic heterocycles. The molecule has 8 nitrogen and oxygen atoms in total. The third kappa shape index (κ3) is 7.51. The van der Waals surface area contributed by atoms with E-state index in [-0.39, 0.29) is 70.4 Å². The van der Waals surface area contributed by atoms with Gasteiger partial charge in [-0.15, -0.1) is 0 Å². The molecule has 8 saturated carbocycles. The highest BCUT2D eigenvalue weighted by atomic mass is 16.4. The molecule has 8 aliphatic carbocycles. The van der Waals surface area contributed by atoms with Crippen molar-refractivity contribution in [2.24, 2.45) is 98.6 Å². The molecule has 0 aromatic heterocycles. The molecule has 60 heavy (non-hydrogen) atoms. The molecule has 10 unspecified atom stereocenters. The van der Waals surface area contributed by atoms with Gasteiger partial charge in [0.1, 0.15) is 5.78 Å². The van der Waals surface area contributed by atoms with Gasteiger partial charge in [-0.1, -0.05) is 54.5 Å². The molecular formula is C52H82O8. The van der Waals surface area contributed by atoms with Gasteiger partial charge in [0.05, 0.1) is 12.2 Å². The SMILES string of the molecule is C/C=C1/C(=O)C2C(CC[C@@]3(C)C2CCC3[C@H](C)CCC(=O)O)[C@@]2(C)CC[C@@H](O)CC12.CC[C@H]1C(=O)C2C3CCC([C@H](C)CCC(=O)O)[C@@]3(C)CCC2[C@@]2(C)CC[C@@H](O)CC12. The first kappa shape index (κ1) is 45.9. The van der Waals surface area contributed by atoms with Gasteiger partial charge in [-0.05, 0) is 202 Å². The highest BCUT2D eigenvalue weighted by Gasteiger charge is 2.66. The molecule has 19 atom stereocenters. The van der Waals surface area contributed by atoms with E-state index in [4.69, 9.17) is 10.2 Å². The van der Waals surface area contributed by atoms with Crippen molar-refractivity contribution in [3.8, 4) is 0 Å². The molecule has 0 heterocycles. The van der Waals surface area contributed by atoms with Crippen LogP contribution in [0.2, 0.25) is 0 Å². The lowest BCUT2D eigenvalue weighted by atomic mass is 9.42. The minimum atomic E-state index is -0.705. The van der Waals surface area contributed by atoms with Crippen molar-refractivity contribution in [2.45, 2.75) is 190 Å². The second-order valence-electron chi connectivity index (χ2n) is 23.3. The highest BCUT2D eigenvalue weighted by Crippen LogP contribution is 2.70. The summed E-state index contributed by atoms with van der Waals surface area (Å²) in [4.78, 5) is 50.0. The van der Waals surface area contributed by atoms with Crippen molar-refractivity contribution < 1.29 is 39.6 Å². The summed E-state index contributed by atoms with van der Waals surface area (Å²) < 4.78 is 0. The molecule has 0 spiro atoms. The number of ketones is 2. The Morgan fingerprint density at radius 2 is 1.08 bits per heavy atom. The fourth-order valence-corrected chi connectivity index (χ4v) is 17.9. The number of Topliss-reactive ketones (excluding diaryl/α,β-unsaturated/α-hetero) is 2. The number of carbonyl (C=O) groups excluding carboxylic acids is 2. The van der Waals surface area contributed by atoms with Crippen LogP contribution in [0.3, 0.4) is 0 Å². The minimum absolute atomic E-state index is 0.108. The van der Waals surface area contributed by atoms with Crippen LogP contribution in [0.25, 0.3) is 0 Å². The maximum absolute atomic E-state index is 13.9. The number of aliphatic hydroxyl groups is 2. The number of carbonyl (C=O) groups is 4. The first-order valence-corrected chi connectivity index (χ1v) is 24.8. The summed E-state index contributed by atoms with van der Waals surface area (Å²) in [7, 11) is 0. The van der Waals surface area contributed by atoms with Crippen molar-refractivity contribution >= 4 is 23.5 Å². The van der Waals surface area contributed by atoms with Crippen LogP contribution in [0.5, 0.6) is 0 Å². The predicted molar refractivity (Wildman–Crippen MR) is 234 cm³/mol. The third-order valence-corrected chi connectivity index (χ3v) is 21.0. The van der Waals surface area contributed by atoms with E-state index >= 15 is 0 Å². The quantitative estimate of drug-likeness (QED) is 0.168. The van der Waals surface area contributed by atoms with Gasteiger partial charge < -0.3 is 20.4 Å². The molecule has 0 aromatic rings. The lowest BCUT2D eigenvalue weighted by molar-refractivity contribution is -0.173. The van der Waals surface area contributed by atoms with E-state index in [1.54, 1.807) is 0 Å². The van der Waals surface area contributed by atoms with E-state index in [1.165, 1.54) is 6.42 Å². The zero-order valence-electron chi connectivity index (χ0n) is 38.6. The number of fused-ring (bicyclic) bond motifs is 10. The first-order chi connectivity index (χ1) is 28.3. The van der Waals surface area contributed by atoms with Crippen LogP contribution in [-0.4, -0.2) is 56.1 Å². The Morgan fingerprint density at radius 3 is 1.58 bits per heavy atom. The molecule has 0 bridgehead atoms. The second kappa shape index (κ2) is 17.1. The maximum Gasteiger partial charge on any atom is 0.303 e. The summed E-state index contributed by atoms with van der Waals surface area (Å²) in [6.07, 6.45) is 18.9. The number of aliphatic carboxylic acids is 2. The van der Waals surface area contributed by atoms with E-state index < -0.39 is 11.9 Å². The van der Waals surface area contributed by atoms with E-state index in [1.807, 2.05) is 13.0 Å². The van der Waals surface area contributed by atoms with Crippen molar-refractivity contribution in [3.63, 3.8) is 0 Å². The summed E-state index contributed by atoms with van der Waals surface area (Å²) in [5.41, 5.74) is 1.61. The Hall–Kier alpha value is -2.06. The van der Waals surface area contributed by atoms with Gasteiger partial charge in [-0.3, -0.25) is 19.2 Å². The van der Waals surface area contributed by atoms with E-state index in [2.05, 4.69) is 48.5 Å². The maximum atomic E-state index is 13.9. The standard InChI is InChI=1S/C26H42O4.C26H40O4/c2*1-5-17-21-14-16(27)10-12-26(21,4)20-11-13-25(3)18(15(2)6-9-22(28)29)7-8-19(25)23(20)24(17)30/h15-21,23,27H,5-14H2,1-4H3,(H,28,29);5,15-16,18-21,23,27H,6-14H2,1-4H3,(H,28,29)/b;17-5+/t15-,16-,17-,18?,19?,20?,21?,23?,25-,26-;15-,16-,18?,19?,20?,21?,23?,25-,26-/m11/s1. The fraction of sp³-hybridized carbons (Fsp3) is 0.885. The van der Waals surface area contributed by atoms with Gasteiger partial charge in [0.15, 0.2) is 5.78 Å². The number of hydrogen-bond donors (Lipinski definition) is 4. The van der Waals surface area contributed by atoms with Crippen LogP contribution >= 0.6 is 0 Å². The van der Waals surface area contributed by atoms with Gasteiger partial charge in [0, 0.05) is 30.6 Å². The minimum Gasteiger partial charge on any atom is -0.481 e. The van der Waals surface area contributed by atoms with Gasteiger partial charge in [-0.2, -0.15) is 0 Å². The van der Waals surface area contributed by atoms with Gasteiger partial charge >= 0.3 is 11.9 Å². The van der Waals surface area contributed by atoms with Gasteiger partial charge in [0.2, 0.25) is 0 Å². The van der Waals surface area contributed by atoms with Crippen LogP contribution in [-0.2, 0) is 19.2 Å². The number of carboxylic acids is 2. The lowest BCUT2D eigenvalue weighted by Gasteiger charge is -2.62. The average molecular weight is 835 g/mol. The van der Waals surface area contributed by atoms with E-state index in [0.717, 1.165) is 108 Å². The highest BCUT2D eigenvalue weighted by molar-refractivity contribution is 5.99. The number of carboxylic acid groups (broad SMARTS) is 2. The number of hydrogen-bond acceptors (Lipinski definition) is 6. The molecule has 8 fully saturated rings. The second-order valence-corrected chi connectivity index (χ2v) is 23.3. The monoisotopic (exact) mass is 835 g/mol. The number of rotatable bonds is 9. The summed E-state index contributed by atoms with van der Waals surface area (Å²) in [6.45, 7) is 18.3. The Balaban J connectivity index is 0.000000181. The molecule has 0 aromatic carbocycles. The summed E-state index contributed by atoms with van der Waals surface area (Å²) >= 11 is 0. The number of aliphatic hydroxyl groups excluding tert-OH is 2. The Bertz CT molecular complexity index is 1670. The van der Waals surface area contributed by atoms with Crippen LogP contribution in [0.15, 0.2) is 11.6 Å². The van der Waals surface area contributed by atoms with Crippen molar-refractivity contribution in [2.75, 3.05) is 0 Å². The average Bonchev–Trinajstić information content (AvgIpc) is 3.74. The molecule has 0 radical (unpaired) electrons. The Kier molecular flexibility index (Phi) is 13.1. The predicted octanol–water partition coefficient (Wildman–Crippen LogP) is 10.6.